The van der Waals surface area contributed by atoms with E-state index in [0.717, 1.165) is 6.42 Å². The Morgan fingerprint density at radius 1 is 1.12 bits per heavy atom. The summed E-state index contributed by atoms with van der Waals surface area (Å²) in [5, 5.41) is 0. The van der Waals surface area contributed by atoms with E-state index in [0.29, 0.717) is 11.7 Å². The number of carbonyl (C=O) groups is 1. The Bertz CT molecular complexity index is 364. The molecule has 1 aromatic carbocycles. The molecule has 1 aliphatic rings. The summed E-state index contributed by atoms with van der Waals surface area (Å²) < 4.78 is 0. The smallest absolute Gasteiger partial charge is 0.133 e. The predicted molar refractivity (Wildman–Crippen MR) is 66.6 cm³/mol. The largest absolute Gasteiger partial charge is 0.300 e. The lowest BCUT2D eigenvalue weighted by molar-refractivity contribution is -0.122. The maximum atomic E-state index is 11.6. The number of hydrogen-bond donors (Lipinski definition) is 0. The normalized spacial score (nSPS) is 25.4. The lowest BCUT2D eigenvalue weighted by atomic mass is 9.74. The Morgan fingerprint density at radius 3 is 2.38 bits per heavy atom. The number of aryl methyl sites for hydroxylation is 1. The molecule has 0 amide bonds. The molecule has 1 aliphatic carbocycles. The van der Waals surface area contributed by atoms with E-state index in [1.807, 2.05) is 0 Å². The summed E-state index contributed by atoms with van der Waals surface area (Å²) in [6.45, 7) is 3.85. The molecule has 1 heteroatoms. The first-order valence-electron chi connectivity index (χ1n) is 6.25. The van der Waals surface area contributed by atoms with Crippen LogP contribution in [0.5, 0.6) is 0 Å². The molecule has 1 aromatic rings. The molecule has 86 valence electrons. The minimum atomic E-state index is 0.261. The third kappa shape index (κ3) is 2.34. The highest BCUT2D eigenvalue weighted by Gasteiger charge is 2.29. The molecule has 0 heterocycles. The lowest BCUT2D eigenvalue weighted by Crippen LogP contribution is -2.23. The van der Waals surface area contributed by atoms with Gasteiger partial charge in [-0.25, -0.2) is 0 Å². The monoisotopic (exact) mass is 216 g/mol. The van der Waals surface area contributed by atoms with Gasteiger partial charge in [0.25, 0.3) is 0 Å². The fourth-order valence-electron chi connectivity index (χ4n) is 2.83. The summed E-state index contributed by atoms with van der Waals surface area (Å²) in [6, 6.07) is 8.70. The minimum absolute atomic E-state index is 0.261. The van der Waals surface area contributed by atoms with E-state index in [9.17, 15) is 4.79 Å². The van der Waals surface area contributed by atoms with Crippen LogP contribution in [0.25, 0.3) is 0 Å². The molecule has 0 aliphatic heterocycles. The number of rotatable bonds is 2. The number of hydrogen-bond acceptors (Lipinski definition) is 1. The molecule has 0 bridgehead atoms. The van der Waals surface area contributed by atoms with Crippen LogP contribution in [0.2, 0.25) is 0 Å². The molecule has 2 unspecified atom stereocenters. The Balaban J connectivity index is 2.23. The Hall–Kier alpha value is -1.11. The molecular formula is C15H20O. The van der Waals surface area contributed by atoms with Crippen molar-refractivity contribution >= 4 is 5.78 Å². The van der Waals surface area contributed by atoms with Gasteiger partial charge in [-0.15, -0.1) is 0 Å². The van der Waals surface area contributed by atoms with E-state index < -0.39 is 0 Å². The number of carbonyl (C=O) groups excluding carboxylic acids is 1. The Kier molecular flexibility index (Phi) is 3.42. The maximum absolute atomic E-state index is 11.6. The minimum Gasteiger partial charge on any atom is -0.300 e. The van der Waals surface area contributed by atoms with Crippen LogP contribution in [0.3, 0.4) is 0 Å². The SMILES string of the molecule is CC(=O)C1CCCCC1c1ccc(C)cc1. The molecule has 0 aromatic heterocycles. The summed E-state index contributed by atoms with van der Waals surface area (Å²) in [5.41, 5.74) is 2.64. The summed E-state index contributed by atoms with van der Waals surface area (Å²) in [4.78, 5) is 11.6. The van der Waals surface area contributed by atoms with Gasteiger partial charge in [0.1, 0.15) is 5.78 Å². The summed E-state index contributed by atoms with van der Waals surface area (Å²) >= 11 is 0. The van der Waals surface area contributed by atoms with Gasteiger partial charge in [-0.05, 0) is 38.2 Å². The fourth-order valence-corrected chi connectivity index (χ4v) is 2.83. The van der Waals surface area contributed by atoms with Gasteiger partial charge in [0.2, 0.25) is 0 Å². The van der Waals surface area contributed by atoms with Gasteiger partial charge < -0.3 is 0 Å². The van der Waals surface area contributed by atoms with Crippen molar-refractivity contribution in [3.63, 3.8) is 0 Å². The maximum Gasteiger partial charge on any atom is 0.133 e. The zero-order valence-corrected chi connectivity index (χ0v) is 10.2. The van der Waals surface area contributed by atoms with E-state index >= 15 is 0 Å². The number of ketones is 1. The average molecular weight is 216 g/mol. The quantitative estimate of drug-likeness (QED) is 0.733. The fraction of sp³-hybridized carbons (Fsp3) is 0.533. The molecule has 1 saturated carbocycles. The van der Waals surface area contributed by atoms with Crippen LogP contribution in [-0.2, 0) is 4.79 Å². The van der Waals surface area contributed by atoms with Crippen LogP contribution in [-0.4, -0.2) is 5.78 Å². The van der Waals surface area contributed by atoms with Crippen molar-refractivity contribution < 1.29 is 4.79 Å². The van der Waals surface area contributed by atoms with Crippen molar-refractivity contribution in [3.8, 4) is 0 Å². The highest BCUT2D eigenvalue weighted by Crippen LogP contribution is 2.38. The molecule has 0 saturated heterocycles. The van der Waals surface area contributed by atoms with Crippen molar-refractivity contribution in [2.24, 2.45) is 5.92 Å². The lowest BCUT2D eigenvalue weighted by Gasteiger charge is -2.30. The van der Waals surface area contributed by atoms with Crippen LogP contribution < -0.4 is 0 Å². The summed E-state index contributed by atoms with van der Waals surface area (Å²) in [7, 11) is 0. The van der Waals surface area contributed by atoms with Crippen LogP contribution >= 0.6 is 0 Å². The molecule has 0 spiro atoms. The highest BCUT2D eigenvalue weighted by atomic mass is 16.1. The van der Waals surface area contributed by atoms with Gasteiger partial charge in [0.05, 0.1) is 0 Å². The Labute approximate surface area is 97.9 Å². The topological polar surface area (TPSA) is 17.1 Å². The third-order valence-electron chi connectivity index (χ3n) is 3.79. The summed E-state index contributed by atoms with van der Waals surface area (Å²) in [5.74, 6) is 1.09. The molecule has 0 radical (unpaired) electrons. The molecule has 1 fully saturated rings. The van der Waals surface area contributed by atoms with E-state index in [2.05, 4.69) is 31.2 Å². The first kappa shape index (κ1) is 11.4. The van der Waals surface area contributed by atoms with Crippen molar-refractivity contribution in [1.82, 2.24) is 0 Å². The van der Waals surface area contributed by atoms with E-state index in [1.165, 1.54) is 30.4 Å². The zero-order chi connectivity index (χ0) is 11.5. The average Bonchev–Trinajstić information content (AvgIpc) is 2.30. The molecule has 1 nitrogen and oxygen atoms in total. The third-order valence-corrected chi connectivity index (χ3v) is 3.79. The van der Waals surface area contributed by atoms with Crippen LogP contribution in [0, 0.1) is 12.8 Å². The number of Topliss-reactive ketones (excluding diaryl/α,β-unsaturated/α-hetero) is 1. The molecular weight excluding hydrogens is 196 g/mol. The van der Waals surface area contributed by atoms with Gasteiger partial charge in [-0.1, -0.05) is 42.7 Å². The van der Waals surface area contributed by atoms with E-state index in [-0.39, 0.29) is 5.92 Å². The van der Waals surface area contributed by atoms with Crippen molar-refractivity contribution in [1.29, 1.82) is 0 Å². The van der Waals surface area contributed by atoms with Crippen LogP contribution in [0.15, 0.2) is 24.3 Å². The molecule has 2 rings (SSSR count). The van der Waals surface area contributed by atoms with Crippen LogP contribution in [0.4, 0.5) is 0 Å². The van der Waals surface area contributed by atoms with Crippen molar-refractivity contribution in [2.75, 3.05) is 0 Å². The summed E-state index contributed by atoms with van der Waals surface area (Å²) in [6.07, 6.45) is 4.73. The zero-order valence-electron chi connectivity index (χ0n) is 10.2. The van der Waals surface area contributed by atoms with Gasteiger partial charge in [-0.3, -0.25) is 4.79 Å². The predicted octanol–water partition coefficient (Wildman–Crippen LogP) is 3.86. The van der Waals surface area contributed by atoms with Gasteiger partial charge in [-0.2, -0.15) is 0 Å². The Morgan fingerprint density at radius 2 is 1.75 bits per heavy atom. The second-order valence-corrected chi connectivity index (χ2v) is 5.02. The molecule has 16 heavy (non-hydrogen) atoms. The van der Waals surface area contributed by atoms with E-state index in [4.69, 9.17) is 0 Å². The van der Waals surface area contributed by atoms with Gasteiger partial charge in [0, 0.05) is 5.92 Å². The second kappa shape index (κ2) is 4.82. The second-order valence-electron chi connectivity index (χ2n) is 5.02. The standard InChI is InChI=1S/C15H20O/c1-11-7-9-13(10-8-11)15-6-4-3-5-14(15)12(2)16/h7-10,14-15H,3-6H2,1-2H3. The highest BCUT2D eigenvalue weighted by molar-refractivity contribution is 5.79. The van der Waals surface area contributed by atoms with Gasteiger partial charge in [0.15, 0.2) is 0 Å². The molecule has 2 atom stereocenters. The van der Waals surface area contributed by atoms with Crippen molar-refractivity contribution in [3.05, 3.63) is 35.4 Å². The van der Waals surface area contributed by atoms with Gasteiger partial charge >= 0.3 is 0 Å². The number of benzene rings is 1. The molecule has 0 N–H and O–H groups in total. The first-order chi connectivity index (χ1) is 7.68. The van der Waals surface area contributed by atoms with E-state index in [1.54, 1.807) is 6.92 Å². The van der Waals surface area contributed by atoms with Crippen LogP contribution in [0.1, 0.15) is 49.7 Å². The first-order valence-corrected chi connectivity index (χ1v) is 6.25. The van der Waals surface area contributed by atoms with Crippen molar-refractivity contribution in [2.45, 2.75) is 45.4 Å².